The van der Waals surface area contributed by atoms with Crippen LogP contribution in [-0.4, -0.2) is 48.3 Å². The Morgan fingerprint density at radius 1 is 1.21 bits per heavy atom. The van der Waals surface area contributed by atoms with Crippen LogP contribution in [0, 0.1) is 23.2 Å². The van der Waals surface area contributed by atoms with Crippen LogP contribution >= 0.6 is 0 Å². The lowest BCUT2D eigenvalue weighted by atomic mass is 9.47. The first-order valence-corrected chi connectivity index (χ1v) is 11.0. The minimum Gasteiger partial charge on any atom is -0.454 e. The number of carbonyl (C=O) groups is 1. The van der Waals surface area contributed by atoms with Gasteiger partial charge in [-0.25, -0.2) is 0 Å². The molecule has 7 nitrogen and oxygen atoms in total. The van der Waals surface area contributed by atoms with E-state index in [1.807, 2.05) is 13.8 Å². The number of halogens is 2. The van der Waals surface area contributed by atoms with Crippen LogP contribution in [-0.2, 0) is 29.1 Å². The molecule has 3 unspecified atom stereocenters. The predicted octanol–water partition coefficient (Wildman–Crippen LogP) is 2.75. The zero-order valence-electron chi connectivity index (χ0n) is 16.1. The van der Waals surface area contributed by atoms with Crippen LogP contribution in [0.25, 0.3) is 0 Å². The molecule has 1 saturated heterocycles. The highest BCUT2D eigenvalue weighted by atomic mass is 32.2. The Kier molecular flexibility index (Phi) is 4.28. The fourth-order valence-electron chi connectivity index (χ4n) is 5.92. The van der Waals surface area contributed by atoms with Gasteiger partial charge in [0.2, 0.25) is 0 Å². The van der Waals surface area contributed by atoms with E-state index in [0.29, 0.717) is 25.9 Å². The molecule has 5 fully saturated rings. The van der Waals surface area contributed by atoms with Gasteiger partial charge in [-0.2, -0.15) is 17.2 Å². The molecule has 0 radical (unpaired) electrons. The summed E-state index contributed by atoms with van der Waals surface area (Å²) in [6.07, 6.45) is 0.743. The van der Waals surface area contributed by atoms with E-state index in [9.17, 15) is 22.0 Å². The van der Waals surface area contributed by atoms with Crippen molar-refractivity contribution in [1.29, 1.82) is 0 Å². The molecule has 0 aromatic heterocycles. The van der Waals surface area contributed by atoms with Crippen molar-refractivity contribution in [2.45, 2.75) is 75.6 Å². The first kappa shape index (κ1) is 20.4. The Morgan fingerprint density at radius 2 is 1.79 bits per heavy atom. The molecule has 1 aliphatic heterocycles. The average Bonchev–Trinajstić information content (AvgIpc) is 2.88. The van der Waals surface area contributed by atoms with E-state index in [0.717, 1.165) is 19.8 Å². The van der Waals surface area contributed by atoms with Crippen LogP contribution in [0.3, 0.4) is 0 Å². The van der Waals surface area contributed by atoms with E-state index < -0.39 is 44.2 Å². The lowest BCUT2D eigenvalue weighted by molar-refractivity contribution is -0.313. The summed E-state index contributed by atoms with van der Waals surface area (Å²) in [6.45, 7) is 5.14. The third-order valence-corrected chi connectivity index (χ3v) is 7.96. The summed E-state index contributed by atoms with van der Waals surface area (Å²) >= 11 is 0. The molecule has 3 atom stereocenters. The highest BCUT2D eigenvalue weighted by Gasteiger charge is 2.69. The summed E-state index contributed by atoms with van der Waals surface area (Å²) in [7, 11) is -5.68. The van der Waals surface area contributed by atoms with E-state index in [1.54, 1.807) is 0 Å². The van der Waals surface area contributed by atoms with Crippen molar-refractivity contribution in [2.24, 2.45) is 23.2 Å². The number of rotatable bonds is 4. The number of hydrogen-bond donors (Lipinski definition) is 1. The van der Waals surface area contributed by atoms with E-state index in [4.69, 9.17) is 18.8 Å². The van der Waals surface area contributed by atoms with Crippen LogP contribution in [0.15, 0.2) is 0 Å². The maximum atomic E-state index is 13.8. The first-order valence-electron chi connectivity index (χ1n) is 9.61. The summed E-state index contributed by atoms with van der Waals surface area (Å²) in [4.78, 5) is 12.9. The molecule has 0 aromatic rings. The van der Waals surface area contributed by atoms with Gasteiger partial charge in [0, 0.05) is 11.8 Å². The lowest BCUT2D eigenvalue weighted by Crippen LogP contribution is -2.64. The highest BCUT2D eigenvalue weighted by Crippen LogP contribution is 2.67. The molecule has 4 saturated carbocycles. The largest absolute Gasteiger partial charge is 0.454 e. The monoisotopic (exact) mass is 424 g/mol. The van der Waals surface area contributed by atoms with Gasteiger partial charge < -0.3 is 14.2 Å². The Balaban J connectivity index is 1.55. The molecule has 0 aromatic carbocycles. The minimum absolute atomic E-state index is 0.0366. The third-order valence-electron chi connectivity index (χ3n) is 6.94. The van der Waals surface area contributed by atoms with Gasteiger partial charge >= 0.3 is 21.3 Å². The molecule has 1 N–H and O–H groups in total. The minimum atomic E-state index is -5.68. The number of carbonyl (C=O) groups excluding carboxylic acids is 1. The molecule has 28 heavy (non-hydrogen) atoms. The van der Waals surface area contributed by atoms with Gasteiger partial charge in [-0.3, -0.25) is 9.35 Å². The van der Waals surface area contributed by atoms with Crippen LogP contribution in [0.5, 0.6) is 0 Å². The van der Waals surface area contributed by atoms with E-state index in [-0.39, 0.29) is 17.8 Å². The second-order valence-electron chi connectivity index (χ2n) is 9.58. The van der Waals surface area contributed by atoms with E-state index >= 15 is 0 Å². The predicted molar refractivity (Wildman–Crippen MR) is 91.9 cm³/mol. The van der Waals surface area contributed by atoms with Crippen molar-refractivity contribution >= 4 is 16.1 Å². The van der Waals surface area contributed by atoms with Gasteiger partial charge in [0.05, 0.1) is 17.6 Å². The summed E-state index contributed by atoms with van der Waals surface area (Å²) in [5.41, 5.74) is -1.36. The quantitative estimate of drug-likeness (QED) is 0.547. The van der Waals surface area contributed by atoms with Gasteiger partial charge in [-0.05, 0) is 58.8 Å². The molecule has 4 aliphatic carbocycles. The summed E-state index contributed by atoms with van der Waals surface area (Å²) in [6, 6.07) is 0. The molecule has 5 aliphatic rings. The Morgan fingerprint density at radius 3 is 2.25 bits per heavy atom. The van der Waals surface area contributed by atoms with E-state index in [2.05, 4.69) is 0 Å². The van der Waals surface area contributed by atoms with Crippen molar-refractivity contribution in [3.05, 3.63) is 0 Å². The lowest BCUT2D eigenvalue weighted by Gasteiger charge is -2.62. The summed E-state index contributed by atoms with van der Waals surface area (Å²) in [5.74, 6) is -1.39. The van der Waals surface area contributed by atoms with Crippen molar-refractivity contribution < 1.29 is 40.8 Å². The number of ether oxygens (including phenoxy) is 3. The van der Waals surface area contributed by atoms with Crippen molar-refractivity contribution in [2.75, 3.05) is 6.61 Å². The zero-order valence-corrected chi connectivity index (χ0v) is 16.9. The van der Waals surface area contributed by atoms with Gasteiger partial charge in [0.15, 0.2) is 11.9 Å². The van der Waals surface area contributed by atoms with Crippen LogP contribution in [0.4, 0.5) is 8.78 Å². The molecule has 1 spiro atoms. The molecular formula is C18H26F2O7S. The standard InChI is InChI=1S/C18H26F2O7S/c1-10(18(19,20)28(22,23)24)26-14(21)16-6-11-4-12(7-16)17(13(5-11)8-16)25-9-15(2,3)27-17/h10-13H,4-9H2,1-3H3,(H,22,23,24). The summed E-state index contributed by atoms with van der Waals surface area (Å²) < 4.78 is 75.6. The normalized spacial score (nSPS) is 42.7. The Hall–Kier alpha value is -0.840. The van der Waals surface area contributed by atoms with Gasteiger partial charge in [0.25, 0.3) is 0 Å². The molecule has 10 heteroatoms. The van der Waals surface area contributed by atoms with Crippen molar-refractivity contribution in [3.8, 4) is 0 Å². The highest BCUT2D eigenvalue weighted by molar-refractivity contribution is 7.86. The summed E-state index contributed by atoms with van der Waals surface area (Å²) in [5, 5.41) is -4.56. The van der Waals surface area contributed by atoms with Gasteiger partial charge in [-0.15, -0.1) is 0 Å². The topological polar surface area (TPSA) is 99.1 Å². The zero-order chi connectivity index (χ0) is 20.8. The number of hydrogen-bond acceptors (Lipinski definition) is 6. The molecule has 1 heterocycles. The van der Waals surface area contributed by atoms with Crippen LogP contribution < -0.4 is 0 Å². The third kappa shape index (κ3) is 2.82. The average molecular weight is 424 g/mol. The molecule has 5 rings (SSSR count). The Labute approximate surface area is 162 Å². The first-order chi connectivity index (χ1) is 12.7. The van der Waals surface area contributed by atoms with Crippen molar-refractivity contribution in [3.63, 3.8) is 0 Å². The molecule has 4 bridgehead atoms. The second-order valence-corrected chi connectivity index (χ2v) is 11.1. The van der Waals surface area contributed by atoms with Gasteiger partial charge in [0.1, 0.15) is 0 Å². The SMILES string of the molecule is CC(OC(=O)C12CC3CC(C1)C1(OCC(C)(C)O1)C(C3)C2)C(F)(F)S(=O)(=O)O. The fraction of sp³-hybridized carbons (Fsp3) is 0.944. The fourth-order valence-corrected chi connectivity index (χ4v) is 6.39. The van der Waals surface area contributed by atoms with Crippen LogP contribution in [0.1, 0.15) is 52.9 Å². The van der Waals surface area contributed by atoms with Crippen LogP contribution in [0.2, 0.25) is 0 Å². The smallest absolute Gasteiger partial charge is 0.405 e. The van der Waals surface area contributed by atoms with Crippen molar-refractivity contribution in [1.82, 2.24) is 0 Å². The molecular weight excluding hydrogens is 398 g/mol. The number of alkyl halides is 2. The molecule has 0 amide bonds. The van der Waals surface area contributed by atoms with Gasteiger partial charge in [-0.1, -0.05) is 0 Å². The molecule has 160 valence electrons. The maximum Gasteiger partial charge on any atom is 0.405 e. The maximum absolute atomic E-state index is 13.8. The Bertz CT molecular complexity index is 778. The second kappa shape index (κ2) is 5.86. The van der Waals surface area contributed by atoms with E-state index in [1.165, 1.54) is 0 Å². The number of esters is 1.